The standard InChI is InChI=1S/C30H28F2N6O2S/c1-6-25(39)37-15-20-11-23(35-38(20)13-17(37)4)29-27(26-22(32)9-19(31)10-24(26)40-16(2)3)30-21(7-8-41-30)28(34-29)18-12-33-36(5)14-18/h6-12,14,16-17H,1,13,15H2,2-5H3/t17-/m1/s1. The molecule has 5 heterocycles. The lowest BCUT2D eigenvalue weighted by Gasteiger charge is -2.33. The van der Waals surface area contributed by atoms with E-state index in [-0.39, 0.29) is 29.4 Å². The van der Waals surface area contributed by atoms with Crippen molar-refractivity contribution in [2.75, 3.05) is 0 Å². The molecule has 41 heavy (non-hydrogen) atoms. The number of aryl methyl sites for hydroxylation is 1. The van der Waals surface area contributed by atoms with E-state index < -0.39 is 11.6 Å². The molecule has 0 fully saturated rings. The molecule has 4 aromatic heterocycles. The molecule has 8 nitrogen and oxygen atoms in total. The zero-order valence-corrected chi connectivity index (χ0v) is 23.9. The molecule has 1 aromatic carbocycles. The molecule has 0 unspecified atom stereocenters. The highest BCUT2D eigenvalue weighted by molar-refractivity contribution is 7.18. The lowest BCUT2D eigenvalue weighted by molar-refractivity contribution is -0.129. The Morgan fingerprint density at radius 2 is 2.02 bits per heavy atom. The van der Waals surface area contributed by atoms with Gasteiger partial charge in [-0.1, -0.05) is 6.58 Å². The Morgan fingerprint density at radius 1 is 1.22 bits per heavy atom. The zero-order valence-electron chi connectivity index (χ0n) is 23.1. The number of nitrogens with zero attached hydrogens (tertiary/aromatic N) is 6. The second-order valence-electron chi connectivity index (χ2n) is 10.4. The summed E-state index contributed by atoms with van der Waals surface area (Å²) in [5.41, 5.74) is 3.80. The van der Waals surface area contributed by atoms with Gasteiger partial charge in [0.25, 0.3) is 0 Å². The van der Waals surface area contributed by atoms with Crippen molar-refractivity contribution in [1.82, 2.24) is 29.4 Å². The number of rotatable bonds is 6. The molecule has 0 radical (unpaired) electrons. The lowest BCUT2D eigenvalue weighted by Crippen LogP contribution is -2.44. The average molecular weight is 575 g/mol. The van der Waals surface area contributed by atoms with Gasteiger partial charge in [-0.15, -0.1) is 11.3 Å². The van der Waals surface area contributed by atoms with Crippen LogP contribution in [0.3, 0.4) is 0 Å². The van der Waals surface area contributed by atoms with Gasteiger partial charge < -0.3 is 9.64 Å². The summed E-state index contributed by atoms with van der Waals surface area (Å²) >= 11 is 1.43. The van der Waals surface area contributed by atoms with Crippen molar-refractivity contribution in [2.45, 2.75) is 46.0 Å². The number of hydrogen-bond acceptors (Lipinski definition) is 6. The van der Waals surface area contributed by atoms with Gasteiger partial charge >= 0.3 is 0 Å². The van der Waals surface area contributed by atoms with Crippen LogP contribution >= 0.6 is 11.3 Å². The van der Waals surface area contributed by atoms with Crippen molar-refractivity contribution < 1.29 is 18.3 Å². The number of hydrogen-bond donors (Lipinski definition) is 0. The number of amides is 1. The van der Waals surface area contributed by atoms with E-state index in [0.29, 0.717) is 35.7 Å². The van der Waals surface area contributed by atoms with Gasteiger partial charge in [0.05, 0.1) is 42.3 Å². The maximum absolute atomic E-state index is 15.8. The van der Waals surface area contributed by atoms with Gasteiger partial charge in [0, 0.05) is 52.6 Å². The summed E-state index contributed by atoms with van der Waals surface area (Å²) < 4.78 is 40.5. The van der Waals surface area contributed by atoms with Crippen molar-refractivity contribution in [1.29, 1.82) is 0 Å². The fraction of sp³-hybridized carbons (Fsp3) is 0.267. The van der Waals surface area contributed by atoms with Crippen molar-refractivity contribution >= 4 is 27.3 Å². The molecule has 1 aliphatic heterocycles. The van der Waals surface area contributed by atoms with E-state index in [1.807, 2.05) is 42.4 Å². The Kier molecular flexibility index (Phi) is 6.69. The van der Waals surface area contributed by atoms with Crippen LogP contribution in [0.15, 0.2) is 54.7 Å². The molecule has 11 heteroatoms. The van der Waals surface area contributed by atoms with Gasteiger partial charge in [-0.2, -0.15) is 10.2 Å². The molecular formula is C30H28F2N6O2S. The first kappa shape index (κ1) is 26.8. The van der Waals surface area contributed by atoms with Crippen LogP contribution in [0, 0.1) is 11.6 Å². The number of fused-ring (bicyclic) bond motifs is 2. The molecule has 0 aliphatic carbocycles. The number of aromatic nitrogens is 5. The van der Waals surface area contributed by atoms with Crippen molar-refractivity contribution in [3.8, 4) is 39.5 Å². The maximum Gasteiger partial charge on any atom is 0.246 e. The van der Waals surface area contributed by atoms with Crippen LogP contribution in [0.4, 0.5) is 8.78 Å². The van der Waals surface area contributed by atoms with Crippen molar-refractivity contribution in [3.63, 3.8) is 0 Å². The Hall–Kier alpha value is -4.38. The predicted octanol–water partition coefficient (Wildman–Crippen LogP) is 6.21. The second kappa shape index (κ2) is 10.2. The molecule has 0 saturated carbocycles. The molecule has 1 aliphatic rings. The van der Waals surface area contributed by atoms with Crippen LogP contribution in [0.5, 0.6) is 5.75 Å². The van der Waals surface area contributed by atoms with E-state index in [0.717, 1.165) is 27.4 Å². The smallest absolute Gasteiger partial charge is 0.246 e. The van der Waals surface area contributed by atoms with Gasteiger partial charge in [-0.3, -0.25) is 14.2 Å². The van der Waals surface area contributed by atoms with E-state index >= 15 is 4.39 Å². The molecular weight excluding hydrogens is 546 g/mol. The van der Waals surface area contributed by atoms with Gasteiger partial charge in [0.2, 0.25) is 5.91 Å². The van der Waals surface area contributed by atoms with Crippen LogP contribution < -0.4 is 4.74 Å². The number of halogens is 2. The molecule has 5 aromatic rings. The first-order valence-corrected chi connectivity index (χ1v) is 14.1. The Balaban J connectivity index is 1.65. The maximum atomic E-state index is 15.8. The topological polar surface area (TPSA) is 78.1 Å². The zero-order chi connectivity index (χ0) is 29.0. The molecule has 0 saturated heterocycles. The van der Waals surface area contributed by atoms with Crippen LogP contribution in [-0.4, -0.2) is 47.5 Å². The van der Waals surface area contributed by atoms with Crippen LogP contribution in [-0.2, 0) is 24.9 Å². The van der Waals surface area contributed by atoms with Gasteiger partial charge in [-0.05, 0) is 44.4 Å². The lowest BCUT2D eigenvalue weighted by atomic mass is 9.97. The summed E-state index contributed by atoms with van der Waals surface area (Å²) in [7, 11) is 1.83. The minimum Gasteiger partial charge on any atom is -0.490 e. The average Bonchev–Trinajstić information content (AvgIpc) is 3.66. The summed E-state index contributed by atoms with van der Waals surface area (Å²) in [6.07, 6.45) is 4.58. The van der Waals surface area contributed by atoms with Crippen LogP contribution in [0.2, 0.25) is 0 Å². The third-order valence-corrected chi connectivity index (χ3v) is 8.01. The molecule has 0 bridgehead atoms. The second-order valence-corrected chi connectivity index (χ2v) is 11.3. The highest BCUT2D eigenvalue weighted by atomic mass is 32.1. The fourth-order valence-electron chi connectivity index (χ4n) is 5.29. The molecule has 1 atom stereocenters. The van der Waals surface area contributed by atoms with Gasteiger partial charge in [-0.25, -0.2) is 13.8 Å². The number of thiophene rings is 1. The van der Waals surface area contributed by atoms with Gasteiger partial charge in [0.15, 0.2) is 0 Å². The minimum atomic E-state index is -0.757. The molecule has 6 rings (SSSR count). The number of carbonyl (C=O) groups is 1. The van der Waals surface area contributed by atoms with E-state index in [1.54, 1.807) is 29.6 Å². The largest absolute Gasteiger partial charge is 0.490 e. The van der Waals surface area contributed by atoms with E-state index in [9.17, 15) is 9.18 Å². The predicted molar refractivity (Wildman–Crippen MR) is 154 cm³/mol. The highest BCUT2D eigenvalue weighted by Crippen LogP contribution is 2.47. The van der Waals surface area contributed by atoms with E-state index in [2.05, 4.69) is 11.7 Å². The van der Waals surface area contributed by atoms with Crippen LogP contribution in [0.1, 0.15) is 26.5 Å². The first-order valence-electron chi connectivity index (χ1n) is 13.2. The van der Waals surface area contributed by atoms with E-state index in [4.69, 9.17) is 14.8 Å². The number of pyridine rings is 1. The molecule has 0 N–H and O–H groups in total. The minimum absolute atomic E-state index is 0.0877. The third-order valence-electron chi connectivity index (χ3n) is 7.08. The molecule has 210 valence electrons. The summed E-state index contributed by atoms with van der Waals surface area (Å²) in [5, 5.41) is 11.9. The van der Waals surface area contributed by atoms with Crippen LogP contribution in [0.25, 0.3) is 43.9 Å². The normalized spacial score (nSPS) is 15.0. The highest BCUT2D eigenvalue weighted by Gasteiger charge is 2.30. The van der Waals surface area contributed by atoms with Crippen molar-refractivity contribution in [2.24, 2.45) is 7.05 Å². The van der Waals surface area contributed by atoms with Crippen molar-refractivity contribution in [3.05, 3.63) is 72.0 Å². The van der Waals surface area contributed by atoms with E-state index in [1.165, 1.54) is 23.5 Å². The first-order chi connectivity index (χ1) is 19.6. The Labute approximate surface area is 239 Å². The third kappa shape index (κ3) is 4.69. The quantitative estimate of drug-likeness (QED) is 0.226. The number of carbonyl (C=O) groups excluding carboxylic acids is 1. The summed E-state index contributed by atoms with van der Waals surface area (Å²) in [6, 6.07) is 5.78. The summed E-state index contributed by atoms with van der Waals surface area (Å²) in [4.78, 5) is 19.3. The number of ether oxygens (including phenoxy) is 1. The number of benzene rings is 1. The fourth-order valence-corrected chi connectivity index (χ4v) is 6.24. The summed E-state index contributed by atoms with van der Waals surface area (Å²) in [6.45, 7) is 10.0. The monoisotopic (exact) mass is 574 g/mol. The molecule has 0 spiro atoms. The summed E-state index contributed by atoms with van der Waals surface area (Å²) in [5.74, 6) is -1.56. The SMILES string of the molecule is C=CC(=O)N1Cc2cc(-c3nc(-c4cnn(C)c4)c4ccsc4c3-c3c(F)cc(F)cc3OC(C)C)nn2C[C@H]1C. The Morgan fingerprint density at radius 3 is 2.73 bits per heavy atom. The molecule has 1 amide bonds. The van der Waals surface area contributed by atoms with Gasteiger partial charge in [0.1, 0.15) is 28.8 Å². The Bertz CT molecular complexity index is 1820.